The molecule has 0 spiro atoms. The van der Waals surface area contributed by atoms with Gasteiger partial charge in [-0.2, -0.15) is 0 Å². The molecule has 4 aliphatic rings. The minimum Gasteiger partial charge on any atom is -0.453 e. The smallest absolute Gasteiger partial charge is 0.411 e. The van der Waals surface area contributed by atoms with Crippen LogP contribution >= 0.6 is 0 Å². The number of carbonyl (C=O) groups excluding carboxylic acids is 3. The van der Waals surface area contributed by atoms with Crippen LogP contribution in [0.5, 0.6) is 0 Å². The Bertz CT molecular complexity index is 2220. The average Bonchev–Trinajstić information content (AvgIpc) is 4.04. The molecular weight excluding hydrogens is 705 g/mol. The lowest BCUT2D eigenvalue weighted by Crippen LogP contribution is -2.51. The highest BCUT2D eigenvalue weighted by molar-refractivity contribution is 6.03. The molecule has 3 aliphatic heterocycles. The number of H-pyrrole nitrogens is 1. The number of aromatic amines is 1. The third-order valence-corrected chi connectivity index (χ3v) is 11.9. The fraction of sp³-hybridized carbons (Fsp3) is 0.444. The zero-order valence-electron chi connectivity index (χ0n) is 33.2. The maximum Gasteiger partial charge on any atom is 0.411 e. The maximum atomic E-state index is 13.6. The van der Waals surface area contributed by atoms with Gasteiger partial charge in [-0.3, -0.25) is 14.7 Å². The van der Waals surface area contributed by atoms with Crippen LogP contribution in [0.4, 0.5) is 9.59 Å². The van der Waals surface area contributed by atoms with E-state index in [0.29, 0.717) is 12.5 Å². The number of benzene rings is 3. The molecule has 1 saturated carbocycles. The van der Waals surface area contributed by atoms with E-state index in [1.54, 1.807) is 0 Å². The molecular formula is C45H52N6O5. The first kappa shape index (κ1) is 37.5. The number of hydrogen-bond donors (Lipinski definition) is 2. The van der Waals surface area contributed by atoms with Crippen LogP contribution in [0.1, 0.15) is 90.6 Å². The molecule has 3 amide bonds. The van der Waals surface area contributed by atoms with Crippen molar-refractivity contribution < 1.29 is 23.9 Å². The number of rotatable bonds is 8. The number of amides is 3. The second-order valence-corrected chi connectivity index (χ2v) is 17.1. The van der Waals surface area contributed by atoms with Crippen LogP contribution in [0.25, 0.3) is 38.7 Å². The Morgan fingerprint density at radius 1 is 0.911 bits per heavy atom. The molecule has 3 aromatic carbocycles. The molecule has 5 atom stereocenters. The van der Waals surface area contributed by atoms with Gasteiger partial charge < -0.3 is 24.7 Å². The van der Waals surface area contributed by atoms with Gasteiger partial charge in [0.15, 0.2) is 0 Å². The van der Waals surface area contributed by atoms with Crippen LogP contribution in [0.2, 0.25) is 0 Å². The van der Waals surface area contributed by atoms with E-state index in [0.717, 1.165) is 88.8 Å². The zero-order valence-corrected chi connectivity index (χ0v) is 33.2. The van der Waals surface area contributed by atoms with Crippen LogP contribution < -0.4 is 5.32 Å². The SMILES string of the molecule is COC(=O)N[C@H](C(=O)N1CCC[C@H]1c1ncc(-c2ccc3cc(-c4ccc(C5=CN=C([C@@H]6[C@H]7CC[C@H](C7)N6C(=O)OC(C)(C)C)C5)cc4)ccc3c2)[nH]1)C(C)C. The second-order valence-electron chi connectivity index (χ2n) is 17.1. The highest BCUT2D eigenvalue weighted by Crippen LogP contribution is 2.45. The summed E-state index contributed by atoms with van der Waals surface area (Å²) in [5.74, 6) is 0.975. The quantitative estimate of drug-likeness (QED) is 0.185. The predicted molar refractivity (Wildman–Crippen MR) is 218 cm³/mol. The normalized spacial score (nSPS) is 22.4. The van der Waals surface area contributed by atoms with Crippen molar-refractivity contribution in [2.45, 2.75) is 103 Å². The molecule has 2 N–H and O–H groups in total. The summed E-state index contributed by atoms with van der Waals surface area (Å²) in [5, 5.41) is 4.97. The first-order valence-corrected chi connectivity index (χ1v) is 20.0. The lowest BCUT2D eigenvalue weighted by Gasteiger charge is -2.36. The van der Waals surface area contributed by atoms with E-state index < -0.39 is 17.7 Å². The number of hydrogen-bond acceptors (Lipinski definition) is 7. The molecule has 292 valence electrons. The van der Waals surface area contributed by atoms with Crippen LogP contribution in [-0.4, -0.2) is 81.0 Å². The van der Waals surface area contributed by atoms with Gasteiger partial charge in [-0.15, -0.1) is 0 Å². The largest absolute Gasteiger partial charge is 0.453 e. The number of alkyl carbamates (subject to hydrolysis) is 1. The van der Waals surface area contributed by atoms with Gasteiger partial charge in [-0.05, 0) is 110 Å². The Kier molecular flexibility index (Phi) is 9.97. The number of carbonyl (C=O) groups is 3. The number of fused-ring (bicyclic) bond motifs is 3. The minimum atomic E-state index is -0.676. The molecule has 11 heteroatoms. The maximum absolute atomic E-state index is 13.6. The first-order chi connectivity index (χ1) is 26.9. The number of piperidine rings is 1. The van der Waals surface area contributed by atoms with E-state index in [-0.39, 0.29) is 36.0 Å². The number of imidazole rings is 1. The van der Waals surface area contributed by atoms with E-state index in [4.69, 9.17) is 19.5 Å². The Hall–Kier alpha value is -5.45. The van der Waals surface area contributed by atoms with Crippen molar-refractivity contribution in [1.82, 2.24) is 25.1 Å². The molecule has 8 rings (SSSR count). The van der Waals surface area contributed by atoms with Gasteiger partial charge in [0.1, 0.15) is 17.5 Å². The minimum absolute atomic E-state index is 0.0132. The Labute approximate surface area is 328 Å². The lowest BCUT2D eigenvalue weighted by atomic mass is 9.90. The van der Waals surface area contributed by atoms with E-state index in [9.17, 15) is 14.4 Å². The third kappa shape index (κ3) is 7.31. The monoisotopic (exact) mass is 756 g/mol. The summed E-state index contributed by atoms with van der Waals surface area (Å²) in [6.45, 7) is 10.2. The number of aromatic nitrogens is 2. The molecule has 2 saturated heterocycles. The third-order valence-electron chi connectivity index (χ3n) is 11.9. The fourth-order valence-corrected chi connectivity index (χ4v) is 9.12. The van der Waals surface area contributed by atoms with Crippen molar-refractivity contribution in [1.29, 1.82) is 0 Å². The van der Waals surface area contributed by atoms with Crippen molar-refractivity contribution in [2.24, 2.45) is 16.8 Å². The number of aliphatic imine (C=N–C) groups is 1. The summed E-state index contributed by atoms with van der Waals surface area (Å²) in [5.41, 5.74) is 7.05. The van der Waals surface area contributed by atoms with Gasteiger partial charge in [-0.1, -0.05) is 62.4 Å². The first-order valence-electron chi connectivity index (χ1n) is 20.0. The molecule has 0 unspecified atom stereocenters. The molecule has 2 bridgehead atoms. The lowest BCUT2D eigenvalue weighted by molar-refractivity contribution is -0.135. The highest BCUT2D eigenvalue weighted by Gasteiger charge is 2.51. The number of nitrogens with zero attached hydrogens (tertiary/aromatic N) is 4. The molecule has 4 aromatic rings. The van der Waals surface area contributed by atoms with E-state index in [1.807, 2.05) is 56.8 Å². The standard InChI is InChI=1S/C45H52N6O5/c1-26(2)39(49-43(53)55-6)42(52)50-19-7-8-38(50)41-47-25-37(48-41)32-16-15-30-20-29(13-14-31(30)21-32)27-9-11-28(12-10-27)34-23-36(46-24-34)40-33-17-18-35(22-33)51(40)44(54)56-45(3,4)5/h9-16,20-21,24-26,33,35,38-40H,7-8,17-19,22-23H2,1-6H3,(H,47,48)(H,49,53)/t33-,35+,38-,39-,40-/m0/s1. The van der Waals surface area contributed by atoms with Gasteiger partial charge in [0.2, 0.25) is 5.91 Å². The van der Waals surface area contributed by atoms with E-state index in [1.165, 1.54) is 12.7 Å². The summed E-state index contributed by atoms with van der Waals surface area (Å²) in [7, 11) is 1.30. The van der Waals surface area contributed by atoms with Crippen LogP contribution in [0.15, 0.2) is 78.1 Å². The van der Waals surface area contributed by atoms with Gasteiger partial charge in [0.05, 0.1) is 31.1 Å². The van der Waals surface area contributed by atoms with Crippen LogP contribution in [0, 0.1) is 11.8 Å². The molecule has 11 nitrogen and oxygen atoms in total. The zero-order chi connectivity index (χ0) is 39.3. The van der Waals surface area contributed by atoms with Crippen molar-refractivity contribution in [3.63, 3.8) is 0 Å². The Balaban J connectivity index is 0.928. The predicted octanol–water partition coefficient (Wildman–Crippen LogP) is 8.91. The van der Waals surface area contributed by atoms with Gasteiger partial charge >= 0.3 is 12.2 Å². The molecule has 56 heavy (non-hydrogen) atoms. The highest BCUT2D eigenvalue weighted by atomic mass is 16.6. The van der Waals surface area contributed by atoms with E-state index in [2.05, 4.69) is 71.0 Å². The molecule has 3 fully saturated rings. The molecule has 0 radical (unpaired) electrons. The number of methoxy groups -OCH3 is 1. The number of nitrogens with one attached hydrogen (secondary N) is 2. The van der Waals surface area contributed by atoms with Gasteiger partial charge in [0.25, 0.3) is 0 Å². The van der Waals surface area contributed by atoms with Gasteiger partial charge in [0, 0.05) is 36.5 Å². The summed E-state index contributed by atoms with van der Waals surface area (Å²) in [4.78, 5) is 55.7. The topological polar surface area (TPSA) is 129 Å². The van der Waals surface area contributed by atoms with Crippen molar-refractivity contribution in [3.8, 4) is 22.4 Å². The van der Waals surface area contributed by atoms with Gasteiger partial charge in [-0.25, -0.2) is 14.6 Å². The van der Waals surface area contributed by atoms with Crippen molar-refractivity contribution in [2.75, 3.05) is 13.7 Å². The average molecular weight is 757 g/mol. The van der Waals surface area contributed by atoms with Crippen molar-refractivity contribution in [3.05, 3.63) is 84.4 Å². The fourth-order valence-electron chi connectivity index (χ4n) is 9.12. The summed E-state index contributed by atoms with van der Waals surface area (Å²) in [6.07, 6.45) is 8.60. The number of ether oxygens (including phenoxy) is 2. The number of allylic oxidation sites excluding steroid dienone is 1. The molecule has 1 aromatic heterocycles. The van der Waals surface area contributed by atoms with Crippen LogP contribution in [-0.2, 0) is 14.3 Å². The molecule has 4 heterocycles. The summed E-state index contributed by atoms with van der Waals surface area (Å²) < 4.78 is 10.6. The summed E-state index contributed by atoms with van der Waals surface area (Å²) >= 11 is 0. The van der Waals surface area contributed by atoms with Crippen molar-refractivity contribution >= 4 is 40.2 Å². The van der Waals surface area contributed by atoms with Crippen LogP contribution in [0.3, 0.4) is 0 Å². The molecule has 1 aliphatic carbocycles. The second kappa shape index (κ2) is 14.9. The van der Waals surface area contributed by atoms with E-state index >= 15 is 0 Å². The number of likely N-dealkylation sites (tertiary alicyclic amines) is 2. The summed E-state index contributed by atoms with van der Waals surface area (Å²) in [6, 6.07) is 21.0. The Morgan fingerprint density at radius 2 is 1.61 bits per heavy atom. The Morgan fingerprint density at radius 3 is 2.32 bits per heavy atom.